The van der Waals surface area contributed by atoms with Gasteiger partial charge >= 0.3 is 0 Å². The average Bonchev–Trinajstić information content (AvgIpc) is 3.07. The molecule has 2 aliphatic carbocycles. The fourth-order valence-electron chi connectivity index (χ4n) is 4.08. The van der Waals surface area contributed by atoms with E-state index in [1.807, 2.05) is 18.3 Å². The third-order valence-electron chi connectivity index (χ3n) is 5.13. The van der Waals surface area contributed by atoms with Crippen LogP contribution in [0.4, 0.5) is 0 Å². The van der Waals surface area contributed by atoms with Crippen molar-refractivity contribution >= 4 is 0 Å². The molecule has 1 N–H and O–H groups in total. The maximum Gasteiger partial charge on any atom is 0.0541 e. The molecule has 0 spiro atoms. The molecule has 3 unspecified atom stereocenters. The molecule has 2 saturated carbocycles. The van der Waals surface area contributed by atoms with Gasteiger partial charge in [-0.3, -0.25) is 4.98 Å². The summed E-state index contributed by atoms with van der Waals surface area (Å²) in [5.74, 6) is 3.10. The van der Waals surface area contributed by atoms with E-state index in [1.54, 1.807) is 0 Å². The van der Waals surface area contributed by atoms with E-state index >= 15 is 0 Å². The molecule has 2 aliphatic rings. The standard InChI is InChI=1S/C17H27N3/c1-20(13-16-11-14-5-6-15(16)10-14)9-8-18-12-17-4-2-3-7-19-17/h2-4,7,14-16,18H,5-6,8-13H2,1H3. The van der Waals surface area contributed by atoms with E-state index in [-0.39, 0.29) is 0 Å². The summed E-state index contributed by atoms with van der Waals surface area (Å²) in [5.41, 5.74) is 1.13. The van der Waals surface area contributed by atoms with Gasteiger partial charge in [0.05, 0.1) is 5.69 Å². The molecule has 20 heavy (non-hydrogen) atoms. The molecule has 0 aromatic carbocycles. The Labute approximate surface area is 122 Å². The molecule has 0 aliphatic heterocycles. The second-order valence-corrected chi connectivity index (χ2v) is 6.70. The molecular weight excluding hydrogens is 246 g/mol. The number of hydrogen-bond acceptors (Lipinski definition) is 3. The van der Waals surface area contributed by atoms with Crippen LogP contribution in [0.1, 0.15) is 31.4 Å². The van der Waals surface area contributed by atoms with Crippen LogP contribution in [0.2, 0.25) is 0 Å². The number of hydrogen-bond donors (Lipinski definition) is 1. The van der Waals surface area contributed by atoms with E-state index in [9.17, 15) is 0 Å². The van der Waals surface area contributed by atoms with Crippen molar-refractivity contribution in [3.8, 4) is 0 Å². The fourth-order valence-corrected chi connectivity index (χ4v) is 4.08. The minimum atomic E-state index is 0.878. The van der Waals surface area contributed by atoms with E-state index in [0.717, 1.165) is 43.1 Å². The number of rotatable bonds is 7. The Hall–Kier alpha value is -0.930. The van der Waals surface area contributed by atoms with Crippen LogP contribution in [0.15, 0.2) is 24.4 Å². The molecular formula is C17H27N3. The highest BCUT2D eigenvalue weighted by atomic mass is 15.1. The Balaban J connectivity index is 1.30. The van der Waals surface area contributed by atoms with Gasteiger partial charge in [0, 0.05) is 32.4 Å². The number of aromatic nitrogens is 1. The lowest BCUT2D eigenvalue weighted by molar-refractivity contribution is 0.220. The molecule has 0 amide bonds. The summed E-state index contributed by atoms with van der Waals surface area (Å²) in [5, 5.41) is 3.49. The largest absolute Gasteiger partial charge is 0.310 e. The second-order valence-electron chi connectivity index (χ2n) is 6.70. The van der Waals surface area contributed by atoms with Crippen LogP contribution < -0.4 is 5.32 Å². The molecule has 2 bridgehead atoms. The Morgan fingerprint density at radius 2 is 2.25 bits per heavy atom. The van der Waals surface area contributed by atoms with Gasteiger partial charge in [0.2, 0.25) is 0 Å². The lowest BCUT2D eigenvalue weighted by Crippen LogP contribution is -2.34. The van der Waals surface area contributed by atoms with E-state index in [0.29, 0.717) is 0 Å². The molecule has 3 nitrogen and oxygen atoms in total. The first-order valence-electron chi connectivity index (χ1n) is 8.10. The number of nitrogens with one attached hydrogen (secondary N) is 1. The summed E-state index contributed by atoms with van der Waals surface area (Å²) in [6.07, 6.45) is 7.89. The Morgan fingerprint density at radius 3 is 2.95 bits per heavy atom. The zero-order chi connectivity index (χ0) is 13.8. The van der Waals surface area contributed by atoms with Crippen LogP contribution in [-0.2, 0) is 6.54 Å². The molecule has 0 saturated heterocycles. The molecule has 2 fully saturated rings. The summed E-state index contributed by atoms with van der Waals surface area (Å²) < 4.78 is 0. The van der Waals surface area contributed by atoms with Crippen LogP contribution in [0.5, 0.6) is 0 Å². The van der Waals surface area contributed by atoms with Gasteiger partial charge in [0.25, 0.3) is 0 Å². The van der Waals surface area contributed by atoms with Crippen LogP contribution in [0.25, 0.3) is 0 Å². The van der Waals surface area contributed by atoms with Crippen molar-refractivity contribution in [2.75, 3.05) is 26.7 Å². The molecule has 1 heterocycles. The van der Waals surface area contributed by atoms with E-state index < -0.39 is 0 Å². The zero-order valence-corrected chi connectivity index (χ0v) is 12.6. The summed E-state index contributed by atoms with van der Waals surface area (Å²) in [4.78, 5) is 6.84. The van der Waals surface area contributed by atoms with Crippen molar-refractivity contribution in [3.05, 3.63) is 30.1 Å². The lowest BCUT2D eigenvalue weighted by Gasteiger charge is -2.27. The predicted molar refractivity (Wildman–Crippen MR) is 82.4 cm³/mol. The quantitative estimate of drug-likeness (QED) is 0.774. The average molecular weight is 273 g/mol. The summed E-state index contributed by atoms with van der Waals surface area (Å²) in [6, 6.07) is 6.09. The van der Waals surface area contributed by atoms with Crippen molar-refractivity contribution in [1.29, 1.82) is 0 Å². The lowest BCUT2D eigenvalue weighted by atomic mass is 9.88. The molecule has 1 aromatic rings. The van der Waals surface area contributed by atoms with Gasteiger partial charge in [0.15, 0.2) is 0 Å². The first-order chi connectivity index (χ1) is 9.81. The van der Waals surface area contributed by atoms with Crippen molar-refractivity contribution in [2.24, 2.45) is 17.8 Å². The molecule has 3 atom stereocenters. The van der Waals surface area contributed by atoms with Gasteiger partial charge in [-0.15, -0.1) is 0 Å². The minimum Gasteiger partial charge on any atom is -0.310 e. The monoisotopic (exact) mass is 273 g/mol. The first-order valence-corrected chi connectivity index (χ1v) is 8.10. The van der Waals surface area contributed by atoms with Crippen LogP contribution in [-0.4, -0.2) is 36.6 Å². The van der Waals surface area contributed by atoms with Crippen molar-refractivity contribution in [2.45, 2.75) is 32.2 Å². The fraction of sp³-hybridized carbons (Fsp3) is 0.706. The third kappa shape index (κ3) is 3.58. The van der Waals surface area contributed by atoms with Gasteiger partial charge in [-0.25, -0.2) is 0 Å². The van der Waals surface area contributed by atoms with Crippen molar-refractivity contribution < 1.29 is 0 Å². The van der Waals surface area contributed by atoms with Gasteiger partial charge in [0.1, 0.15) is 0 Å². The molecule has 0 radical (unpaired) electrons. The van der Waals surface area contributed by atoms with Gasteiger partial charge in [-0.05, 0) is 56.2 Å². The van der Waals surface area contributed by atoms with Crippen molar-refractivity contribution in [3.63, 3.8) is 0 Å². The minimum absolute atomic E-state index is 0.878. The SMILES string of the molecule is CN(CCNCc1ccccn1)CC1CC2CCC1C2. The first kappa shape index (κ1) is 14.0. The Bertz CT molecular complexity index is 406. The summed E-state index contributed by atoms with van der Waals surface area (Å²) >= 11 is 0. The van der Waals surface area contributed by atoms with Crippen LogP contribution in [0, 0.1) is 17.8 Å². The summed E-state index contributed by atoms with van der Waals surface area (Å²) in [7, 11) is 2.27. The normalized spacial score (nSPS) is 28.4. The third-order valence-corrected chi connectivity index (χ3v) is 5.13. The van der Waals surface area contributed by atoms with Crippen molar-refractivity contribution in [1.82, 2.24) is 15.2 Å². The van der Waals surface area contributed by atoms with Crippen LogP contribution in [0.3, 0.4) is 0 Å². The smallest absolute Gasteiger partial charge is 0.0541 e. The van der Waals surface area contributed by atoms with Gasteiger partial charge in [-0.1, -0.05) is 12.5 Å². The van der Waals surface area contributed by atoms with E-state index in [1.165, 1.54) is 32.2 Å². The second kappa shape index (κ2) is 6.68. The molecule has 3 heteroatoms. The highest BCUT2D eigenvalue weighted by Crippen LogP contribution is 2.48. The Kier molecular flexibility index (Phi) is 4.69. The van der Waals surface area contributed by atoms with Gasteiger partial charge < -0.3 is 10.2 Å². The zero-order valence-electron chi connectivity index (χ0n) is 12.6. The number of likely N-dealkylation sites (N-methyl/N-ethyl adjacent to an activating group) is 1. The molecule has 1 aromatic heterocycles. The topological polar surface area (TPSA) is 28.2 Å². The van der Waals surface area contributed by atoms with E-state index in [2.05, 4.69) is 28.3 Å². The molecule has 110 valence electrons. The maximum absolute atomic E-state index is 4.33. The molecule has 3 rings (SSSR count). The summed E-state index contributed by atoms with van der Waals surface area (Å²) in [6.45, 7) is 4.36. The Morgan fingerprint density at radius 1 is 1.30 bits per heavy atom. The number of fused-ring (bicyclic) bond motifs is 2. The highest BCUT2D eigenvalue weighted by molar-refractivity contribution is 5.02. The predicted octanol–water partition coefficient (Wildman–Crippen LogP) is 2.54. The van der Waals surface area contributed by atoms with Crippen LogP contribution >= 0.6 is 0 Å². The highest BCUT2D eigenvalue weighted by Gasteiger charge is 2.39. The van der Waals surface area contributed by atoms with Gasteiger partial charge in [-0.2, -0.15) is 0 Å². The number of nitrogens with zero attached hydrogens (tertiary/aromatic N) is 2. The van der Waals surface area contributed by atoms with E-state index in [4.69, 9.17) is 0 Å². The number of pyridine rings is 1. The maximum atomic E-state index is 4.33.